The molecule has 1 aromatic rings. The third kappa shape index (κ3) is 3.50. The summed E-state index contributed by atoms with van der Waals surface area (Å²) in [4.78, 5) is 36.8. The van der Waals surface area contributed by atoms with E-state index in [9.17, 15) is 14.4 Å². The summed E-state index contributed by atoms with van der Waals surface area (Å²) in [5.74, 6) is -1.50. The Morgan fingerprint density at radius 1 is 1.19 bits per heavy atom. The highest BCUT2D eigenvalue weighted by Gasteiger charge is 2.29. The van der Waals surface area contributed by atoms with Crippen LogP contribution in [-0.4, -0.2) is 66.0 Å². The zero-order valence-corrected chi connectivity index (χ0v) is 11.6. The van der Waals surface area contributed by atoms with Gasteiger partial charge in [-0.3, -0.25) is 9.59 Å². The lowest BCUT2D eigenvalue weighted by Crippen LogP contribution is -2.53. The second kappa shape index (κ2) is 6.25. The number of hydrogen-bond donors (Lipinski definition) is 1. The maximum absolute atomic E-state index is 11.7. The SMILES string of the molecule is CN1CCN(CCOc2ccc(C(=O)O)cc2)C(=O)C1=O. The highest BCUT2D eigenvalue weighted by Crippen LogP contribution is 2.12. The molecule has 0 atom stereocenters. The number of benzene rings is 1. The lowest BCUT2D eigenvalue weighted by Gasteiger charge is -2.31. The lowest BCUT2D eigenvalue weighted by atomic mass is 10.2. The molecule has 0 aromatic heterocycles. The van der Waals surface area contributed by atoms with Crippen LogP contribution in [0, 0.1) is 0 Å². The van der Waals surface area contributed by atoms with E-state index in [0.29, 0.717) is 25.4 Å². The molecule has 7 nitrogen and oxygen atoms in total. The Kier molecular flexibility index (Phi) is 4.42. The molecular weight excluding hydrogens is 276 g/mol. The molecule has 1 aliphatic heterocycles. The Balaban J connectivity index is 1.83. The van der Waals surface area contributed by atoms with Gasteiger partial charge in [0.1, 0.15) is 12.4 Å². The van der Waals surface area contributed by atoms with Gasteiger partial charge in [-0.05, 0) is 24.3 Å². The van der Waals surface area contributed by atoms with E-state index in [1.807, 2.05) is 0 Å². The van der Waals surface area contributed by atoms with Gasteiger partial charge in [-0.2, -0.15) is 0 Å². The van der Waals surface area contributed by atoms with Gasteiger partial charge in [0.15, 0.2) is 0 Å². The third-order valence-corrected chi connectivity index (χ3v) is 3.25. The molecule has 2 amide bonds. The van der Waals surface area contributed by atoms with Crippen LogP contribution in [0.15, 0.2) is 24.3 Å². The van der Waals surface area contributed by atoms with E-state index in [2.05, 4.69) is 0 Å². The van der Waals surface area contributed by atoms with Crippen LogP contribution in [0.25, 0.3) is 0 Å². The Hall–Kier alpha value is -2.57. The van der Waals surface area contributed by atoms with Gasteiger partial charge in [0, 0.05) is 20.1 Å². The first-order valence-electron chi connectivity index (χ1n) is 6.49. The smallest absolute Gasteiger partial charge is 0.335 e. The fraction of sp³-hybridized carbons (Fsp3) is 0.357. The van der Waals surface area contributed by atoms with Crippen molar-refractivity contribution in [3.63, 3.8) is 0 Å². The highest BCUT2D eigenvalue weighted by molar-refractivity contribution is 6.35. The highest BCUT2D eigenvalue weighted by atomic mass is 16.5. The molecule has 0 bridgehead atoms. The van der Waals surface area contributed by atoms with Crippen LogP contribution in [-0.2, 0) is 9.59 Å². The number of carboxylic acid groups (broad SMARTS) is 1. The van der Waals surface area contributed by atoms with Gasteiger partial charge in [-0.1, -0.05) is 0 Å². The first-order valence-corrected chi connectivity index (χ1v) is 6.49. The van der Waals surface area contributed by atoms with Crippen LogP contribution < -0.4 is 4.74 Å². The fourth-order valence-corrected chi connectivity index (χ4v) is 1.95. The predicted octanol–water partition coefficient (Wildman–Crippen LogP) is 0.0642. The van der Waals surface area contributed by atoms with Crippen molar-refractivity contribution in [2.24, 2.45) is 0 Å². The molecule has 1 aromatic carbocycles. The first-order chi connectivity index (χ1) is 9.99. The van der Waals surface area contributed by atoms with Crippen molar-refractivity contribution in [3.05, 3.63) is 29.8 Å². The summed E-state index contributed by atoms with van der Waals surface area (Å²) >= 11 is 0. The van der Waals surface area contributed by atoms with Crippen molar-refractivity contribution in [1.29, 1.82) is 0 Å². The van der Waals surface area contributed by atoms with Crippen molar-refractivity contribution < 1.29 is 24.2 Å². The van der Waals surface area contributed by atoms with Crippen LogP contribution in [0.1, 0.15) is 10.4 Å². The number of carboxylic acids is 1. The number of ether oxygens (including phenoxy) is 1. The molecule has 1 N–H and O–H groups in total. The molecule has 1 saturated heterocycles. The van der Waals surface area contributed by atoms with Gasteiger partial charge >= 0.3 is 17.8 Å². The summed E-state index contributed by atoms with van der Waals surface area (Å²) in [6.07, 6.45) is 0. The summed E-state index contributed by atoms with van der Waals surface area (Å²) in [7, 11) is 1.60. The minimum absolute atomic E-state index is 0.183. The average molecular weight is 292 g/mol. The lowest BCUT2D eigenvalue weighted by molar-refractivity contribution is -0.155. The number of amides is 2. The zero-order chi connectivity index (χ0) is 15.4. The van der Waals surface area contributed by atoms with Gasteiger partial charge < -0.3 is 19.6 Å². The minimum Gasteiger partial charge on any atom is -0.492 e. The van der Waals surface area contributed by atoms with E-state index in [4.69, 9.17) is 9.84 Å². The van der Waals surface area contributed by atoms with Gasteiger partial charge in [0.2, 0.25) is 0 Å². The third-order valence-electron chi connectivity index (χ3n) is 3.25. The summed E-state index contributed by atoms with van der Waals surface area (Å²) in [5, 5.41) is 8.78. The normalized spacial score (nSPS) is 15.3. The van der Waals surface area contributed by atoms with Crippen LogP contribution in [0.2, 0.25) is 0 Å². The molecule has 0 radical (unpaired) electrons. The van der Waals surface area contributed by atoms with E-state index in [0.717, 1.165) is 0 Å². The number of carbonyl (C=O) groups excluding carboxylic acids is 2. The molecule has 2 rings (SSSR count). The fourth-order valence-electron chi connectivity index (χ4n) is 1.95. The largest absolute Gasteiger partial charge is 0.492 e. The molecule has 21 heavy (non-hydrogen) atoms. The number of aromatic carboxylic acids is 1. The standard InChI is InChI=1S/C14H16N2O5/c1-15-6-7-16(13(18)12(15)17)8-9-21-11-4-2-10(3-5-11)14(19)20/h2-5H,6-9H2,1H3,(H,19,20). The van der Waals surface area contributed by atoms with Crippen molar-refractivity contribution in [1.82, 2.24) is 9.80 Å². The summed E-state index contributed by atoms with van der Waals surface area (Å²) in [5.41, 5.74) is 0.183. The summed E-state index contributed by atoms with van der Waals surface area (Å²) in [6.45, 7) is 1.56. The predicted molar refractivity (Wildman–Crippen MR) is 73.1 cm³/mol. The molecule has 0 unspecified atom stereocenters. The Labute approximate surface area is 121 Å². The second-order valence-electron chi connectivity index (χ2n) is 4.70. The van der Waals surface area contributed by atoms with Gasteiger partial charge in [0.25, 0.3) is 0 Å². The van der Waals surface area contributed by atoms with E-state index < -0.39 is 17.8 Å². The van der Waals surface area contributed by atoms with E-state index >= 15 is 0 Å². The quantitative estimate of drug-likeness (QED) is 0.776. The molecule has 112 valence electrons. The van der Waals surface area contributed by atoms with Crippen LogP contribution >= 0.6 is 0 Å². The number of piperazine rings is 1. The van der Waals surface area contributed by atoms with Gasteiger partial charge in [0.05, 0.1) is 12.1 Å². The van der Waals surface area contributed by atoms with Crippen LogP contribution in [0.5, 0.6) is 5.75 Å². The van der Waals surface area contributed by atoms with Crippen molar-refractivity contribution in [2.45, 2.75) is 0 Å². The Morgan fingerprint density at radius 2 is 1.86 bits per heavy atom. The summed E-state index contributed by atoms with van der Waals surface area (Å²) in [6, 6.07) is 6.01. The second-order valence-corrected chi connectivity index (χ2v) is 4.70. The Bertz CT molecular complexity index is 555. The maximum atomic E-state index is 11.7. The number of likely N-dealkylation sites (N-methyl/N-ethyl adjacent to an activating group) is 1. The number of nitrogens with zero attached hydrogens (tertiary/aromatic N) is 2. The molecule has 1 fully saturated rings. The molecule has 0 aliphatic carbocycles. The van der Waals surface area contributed by atoms with Crippen molar-refractivity contribution in [2.75, 3.05) is 33.3 Å². The molecule has 7 heteroatoms. The maximum Gasteiger partial charge on any atom is 0.335 e. The molecular formula is C14H16N2O5. The Morgan fingerprint density at radius 3 is 2.48 bits per heavy atom. The number of hydrogen-bond acceptors (Lipinski definition) is 4. The van der Waals surface area contributed by atoms with Crippen LogP contribution in [0.3, 0.4) is 0 Å². The number of rotatable bonds is 5. The summed E-state index contributed by atoms with van der Waals surface area (Å²) < 4.78 is 5.44. The zero-order valence-electron chi connectivity index (χ0n) is 11.6. The first kappa shape index (κ1) is 14.8. The van der Waals surface area contributed by atoms with Crippen molar-refractivity contribution >= 4 is 17.8 Å². The molecule has 0 spiro atoms. The molecule has 1 heterocycles. The van der Waals surface area contributed by atoms with Crippen molar-refractivity contribution in [3.8, 4) is 5.75 Å². The van der Waals surface area contributed by atoms with Crippen LogP contribution in [0.4, 0.5) is 0 Å². The average Bonchev–Trinajstić information content (AvgIpc) is 2.48. The van der Waals surface area contributed by atoms with E-state index in [-0.39, 0.29) is 12.2 Å². The molecule has 0 saturated carbocycles. The number of carbonyl (C=O) groups is 3. The topological polar surface area (TPSA) is 87.2 Å². The monoisotopic (exact) mass is 292 g/mol. The minimum atomic E-state index is -0.997. The van der Waals surface area contributed by atoms with Gasteiger partial charge in [-0.25, -0.2) is 4.79 Å². The van der Waals surface area contributed by atoms with Gasteiger partial charge in [-0.15, -0.1) is 0 Å². The van der Waals surface area contributed by atoms with E-state index in [1.54, 1.807) is 19.2 Å². The molecule has 1 aliphatic rings. The van der Waals surface area contributed by atoms with E-state index in [1.165, 1.54) is 21.9 Å².